The average molecular weight is 421 g/mol. The molecule has 0 aliphatic rings. The van der Waals surface area contributed by atoms with Crippen molar-refractivity contribution in [3.8, 4) is 0 Å². The molecule has 26 heavy (non-hydrogen) atoms. The van der Waals surface area contributed by atoms with Crippen molar-refractivity contribution in [2.24, 2.45) is 0 Å². The van der Waals surface area contributed by atoms with Gasteiger partial charge in [0.2, 0.25) is 26.0 Å². The number of nitrogens with one attached hydrogen (secondary N) is 3. The minimum Gasteiger partial charge on any atom is -0.342 e. The van der Waals surface area contributed by atoms with Crippen molar-refractivity contribution in [3.63, 3.8) is 0 Å². The van der Waals surface area contributed by atoms with Crippen LogP contribution >= 0.6 is 11.6 Å². The third-order valence-electron chi connectivity index (χ3n) is 3.36. The maximum absolute atomic E-state index is 12.1. The lowest BCUT2D eigenvalue weighted by Gasteiger charge is -2.06. The number of aromatic nitrogens is 1. The highest BCUT2D eigenvalue weighted by Crippen LogP contribution is 2.22. The standard InChI is InChI=1S/C14H17ClN4O5S2/c1-16-25(21,22)12-7-19(8-13(12)26(23,24)17-2)9-14(20)18-11-5-3-4-10(15)6-11/h3-8,16-17H,9H2,1-2H3,(H,18,20). The van der Waals surface area contributed by atoms with Gasteiger partial charge >= 0.3 is 0 Å². The Morgan fingerprint density at radius 1 is 1.04 bits per heavy atom. The molecule has 2 aromatic rings. The fraction of sp³-hybridized carbons (Fsp3) is 0.214. The summed E-state index contributed by atoms with van der Waals surface area (Å²) in [5, 5.41) is 3.03. The number of hydrogen-bond acceptors (Lipinski definition) is 5. The van der Waals surface area contributed by atoms with Crippen LogP contribution in [0.25, 0.3) is 0 Å². The van der Waals surface area contributed by atoms with Gasteiger partial charge in [0.1, 0.15) is 16.3 Å². The molecule has 0 spiro atoms. The Kier molecular flexibility index (Phi) is 6.09. The molecule has 0 aliphatic carbocycles. The Balaban J connectivity index is 2.33. The lowest BCUT2D eigenvalue weighted by Crippen LogP contribution is -2.24. The number of carbonyl (C=O) groups is 1. The first kappa shape index (κ1) is 20.4. The normalized spacial score (nSPS) is 12.1. The van der Waals surface area contributed by atoms with E-state index in [1.54, 1.807) is 24.3 Å². The van der Waals surface area contributed by atoms with Crippen LogP contribution in [0, 0.1) is 0 Å². The lowest BCUT2D eigenvalue weighted by atomic mass is 10.3. The van der Waals surface area contributed by atoms with Crippen molar-refractivity contribution in [1.29, 1.82) is 0 Å². The quantitative estimate of drug-likeness (QED) is 0.604. The van der Waals surface area contributed by atoms with Gasteiger partial charge in [0.05, 0.1) is 0 Å². The summed E-state index contributed by atoms with van der Waals surface area (Å²) in [5.74, 6) is -0.482. The number of benzene rings is 1. The van der Waals surface area contributed by atoms with E-state index >= 15 is 0 Å². The summed E-state index contributed by atoms with van der Waals surface area (Å²) in [4.78, 5) is 11.2. The van der Waals surface area contributed by atoms with E-state index < -0.39 is 35.7 Å². The van der Waals surface area contributed by atoms with Crippen LogP contribution in [0.1, 0.15) is 0 Å². The largest absolute Gasteiger partial charge is 0.342 e. The van der Waals surface area contributed by atoms with Crippen molar-refractivity contribution >= 4 is 43.2 Å². The summed E-state index contributed by atoms with van der Waals surface area (Å²) in [6, 6.07) is 6.48. The second-order valence-electron chi connectivity index (χ2n) is 5.13. The molecule has 0 saturated heterocycles. The zero-order chi connectivity index (χ0) is 19.5. The maximum Gasteiger partial charge on any atom is 0.244 e. The van der Waals surface area contributed by atoms with Gasteiger partial charge in [-0.2, -0.15) is 0 Å². The van der Waals surface area contributed by atoms with Crippen LogP contribution in [-0.4, -0.2) is 41.4 Å². The summed E-state index contributed by atoms with van der Waals surface area (Å²) >= 11 is 5.84. The van der Waals surface area contributed by atoms with Crippen molar-refractivity contribution in [2.45, 2.75) is 16.3 Å². The van der Waals surface area contributed by atoms with Crippen molar-refractivity contribution in [3.05, 3.63) is 41.7 Å². The molecule has 1 aromatic heterocycles. The molecule has 0 bridgehead atoms. The Morgan fingerprint density at radius 2 is 1.58 bits per heavy atom. The number of carbonyl (C=O) groups excluding carboxylic acids is 1. The minimum absolute atomic E-state index is 0.294. The smallest absolute Gasteiger partial charge is 0.244 e. The molecular formula is C14H17ClN4O5S2. The van der Waals surface area contributed by atoms with Crippen LogP contribution < -0.4 is 14.8 Å². The molecule has 9 nitrogen and oxygen atoms in total. The summed E-state index contributed by atoms with van der Waals surface area (Å²) in [6.07, 6.45) is 2.15. The number of anilines is 1. The van der Waals surface area contributed by atoms with Gasteiger partial charge < -0.3 is 9.88 Å². The third kappa shape index (κ3) is 4.62. The number of rotatable bonds is 7. The number of halogens is 1. The summed E-state index contributed by atoms with van der Waals surface area (Å²) in [5.41, 5.74) is 0.459. The Labute approximate surface area is 156 Å². The third-order valence-corrected chi connectivity index (χ3v) is 6.61. The molecule has 12 heteroatoms. The molecule has 1 amide bonds. The summed E-state index contributed by atoms with van der Waals surface area (Å²) in [6.45, 7) is -0.294. The zero-order valence-corrected chi connectivity index (χ0v) is 16.2. The SMILES string of the molecule is CNS(=O)(=O)c1cn(CC(=O)Nc2cccc(Cl)c2)cc1S(=O)(=O)NC. The second kappa shape index (κ2) is 7.76. The molecule has 1 aromatic carbocycles. The number of amides is 1. The highest BCUT2D eigenvalue weighted by atomic mass is 35.5. The molecule has 0 aliphatic heterocycles. The van der Waals surface area contributed by atoms with E-state index in [4.69, 9.17) is 11.6 Å². The number of sulfonamides is 2. The number of hydrogen-bond donors (Lipinski definition) is 3. The molecule has 1 heterocycles. The van der Waals surface area contributed by atoms with Crippen molar-refractivity contribution in [2.75, 3.05) is 19.4 Å². The Morgan fingerprint density at radius 3 is 2.04 bits per heavy atom. The maximum atomic E-state index is 12.1. The van der Waals surface area contributed by atoms with E-state index in [1.807, 2.05) is 0 Å². The van der Waals surface area contributed by atoms with Gasteiger partial charge in [0.15, 0.2) is 0 Å². The zero-order valence-electron chi connectivity index (χ0n) is 13.9. The van der Waals surface area contributed by atoms with E-state index in [0.717, 1.165) is 26.5 Å². The molecule has 0 fully saturated rings. The molecular weight excluding hydrogens is 404 g/mol. The molecule has 0 radical (unpaired) electrons. The lowest BCUT2D eigenvalue weighted by molar-refractivity contribution is -0.116. The van der Waals surface area contributed by atoms with Crippen LogP contribution in [0.2, 0.25) is 5.02 Å². The topological polar surface area (TPSA) is 126 Å². The van der Waals surface area contributed by atoms with E-state index in [2.05, 4.69) is 14.8 Å². The van der Waals surface area contributed by atoms with Gasteiger partial charge in [-0.05, 0) is 32.3 Å². The van der Waals surface area contributed by atoms with Gasteiger partial charge in [-0.3, -0.25) is 4.79 Å². The minimum atomic E-state index is -4.04. The molecule has 3 N–H and O–H groups in total. The highest BCUT2D eigenvalue weighted by molar-refractivity contribution is 7.92. The van der Waals surface area contributed by atoms with Crippen molar-refractivity contribution in [1.82, 2.24) is 14.0 Å². The van der Waals surface area contributed by atoms with Gasteiger partial charge in [-0.1, -0.05) is 17.7 Å². The van der Waals surface area contributed by atoms with Crippen LogP contribution in [-0.2, 0) is 31.4 Å². The first-order valence-corrected chi connectivity index (χ1v) is 10.6. The number of nitrogens with zero attached hydrogens (tertiary/aromatic N) is 1. The predicted octanol–water partition coefficient (Wildman–Crippen LogP) is 0.596. The fourth-order valence-corrected chi connectivity index (χ4v) is 4.58. The summed E-state index contributed by atoms with van der Waals surface area (Å²) < 4.78 is 53.6. The van der Waals surface area contributed by atoms with E-state index in [-0.39, 0.29) is 6.54 Å². The van der Waals surface area contributed by atoms with Crippen LogP contribution in [0.3, 0.4) is 0 Å². The molecule has 2 rings (SSSR count). The predicted molar refractivity (Wildman–Crippen MR) is 97.0 cm³/mol. The van der Waals surface area contributed by atoms with E-state index in [1.165, 1.54) is 4.57 Å². The molecule has 142 valence electrons. The molecule has 0 saturated carbocycles. The Hall–Kier alpha value is -1.92. The van der Waals surface area contributed by atoms with Gasteiger partial charge in [-0.15, -0.1) is 0 Å². The second-order valence-corrected chi connectivity index (χ2v) is 9.28. The Bertz CT molecular complexity index is 980. The first-order valence-electron chi connectivity index (χ1n) is 7.21. The van der Waals surface area contributed by atoms with Crippen molar-refractivity contribution < 1.29 is 21.6 Å². The van der Waals surface area contributed by atoms with Crippen LogP contribution in [0.5, 0.6) is 0 Å². The molecule has 0 unspecified atom stereocenters. The highest BCUT2D eigenvalue weighted by Gasteiger charge is 2.27. The van der Waals surface area contributed by atoms with Crippen LogP contribution in [0.4, 0.5) is 5.69 Å². The average Bonchev–Trinajstić information content (AvgIpc) is 3.00. The fourth-order valence-electron chi connectivity index (χ4n) is 2.11. The van der Waals surface area contributed by atoms with Gasteiger partial charge in [0, 0.05) is 23.1 Å². The van der Waals surface area contributed by atoms with E-state index in [0.29, 0.717) is 10.7 Å². The molecule has 0 atom stereocenters. The van der Waals surface area contributed by atoms with Crippen LogP contribution in [0.15, 0.2) is 46.5 Å². The van der Waals surface area contributed by atoms with Gasteiger partial charge in [0.25, 0.3) is 0 Å². The monoisotopic (exact) mass is 420 g/mol. The van der Waals surface area contributed by atoms with Gasteiger partial charge in [-0.25, -0.2) is 26.3 Å². The first-order chi connectivity index (χ1) is 12.1. The van der Waals surface area contributed by atoms with E-state index in [9.17, 15) is 21.6 Å². The summed E-state index contributed by atoms with van der Waals surface area (Å²) in [7, 11) is -5.76.